The smallest absolute Gasteiger partial charge is 0.251 e. The number of amides is 1. The zero-order chi connectivity index (χ0) is 18.5. The Labute approximate surface area is 186 Å². The molecule has 0 aromatic heterocycles. The number of ether oxygens (including phenoxy) is 1. The summed E-state index contributed by atoms with van der Waals surface area (Å²) in [6.45, 7) is 6.57. The number of rotatable bonds is 3. The number of carbonyl (C=O) groups is 1. The predicted molar refractivity (Wildman–Crippen MR) is 122 cm³/mol. The molecule has 1 amide bonds. The monoisotopic (exact) mass is 550 g/mol. The molecule has 27 heavy (non-hydrogen) atoms. The Morgan fingerprint density at radius 2 is 2.00 bits per heavy atom. The highest BCUT2D eigenvalue weighted by Gasteiger charge is 2.30. The van der Waals surface area contributed by atoms with Gasteiger partial charge in [0, 0.05) is 50.9 Å². The molecule has 1 N–H and O–H groups in total. The molecule has 150 valence electrons. The van der Waals surface area contributed by atoms with Crippen LogP contribution in [0.4, 0.5) is 0 Å². The Hall–Kier alpha value is -0.870. The molecule has 1 atom stereocenters. The Morgan fingerprint density at radius 1 is 1.30 bits per heavy atom. The van der Waals surface area contributed by atoms with Crippen molar-refractivity contribution in [3.63, 3.8) is 0 Å². The third-order valence-corrected chi connectivity index (χ3v) is 5.54. The number of nitrogens with one attached hydrogen (secondary N) is 1. The van der Waals surface area contributed by atoms with E-state index in [9.17, 15) is 4.79 Å². The van der Waals surface area contributed by atoms with Gasteiger partial charge in [-0.25, -0.2) is 0 Å². The number of hydrogen-bond donors (Lipinski definition) is 1. The van der Waals surface area contributed by atoms with E-state index in [0.717, 1.165) is 56.0 Å². The average molecular weight is 551 g/mol. The van der Waals surface area contributed by atoms with Gasteiger partial charge in [0.25, 0.3) is 5.91 Å². The first-order valence-corrected chi connectivity index (χ1v) is 9.99. The van der Waals surface area contributed by atoms with E-state index in [1.54, 1.807) is 7.05 Å². The van der Waals surface area contributed by atoms with Gasteiger partial charge in [0.2, 0.25) is 0 Å². The number of aryl methyl sites for hydroxylation is 1. The van der Waals surface area contributed by atoms with Crippen LogP contribution in [0.3, 0.4) is 0 Å². The van der Waals surface area contributed by atoms with Gasteiger partial charge < -0.3 is 19.9 Å². The minimum atomic E-state index is -0.223. The van der Waals surface area contributed by atoms with Crippen LogP contribution in [-0.2, 0) is 16.1 Å². The second kappa shape index (κ2) is 10.6. The highest BCUT2D eigenvalue weighted by atomic mass is 127. The van der Waals surface area contributed by atoms with E-state index in [1.165, 1.54) is 11.1 Å². The lowest BCUT2D eigenvalue weighted by Gasteiger charge is -2.37. The Balaban J connectivity index is 0.00000261. The predicted octanol–water partition coefficient (Wildman–Crippen LogP) is 2.77. The normalized spacial score (nSPS) is 20.4. The van der Waals surface area contributed by atoms with Crippen molar-refractivity contribution in [2.45, 2.75) is 32.4 Å². The summed E-state index contributed by atoms with van der Waals surface area (Å²) in [6, 6.07) is 6.30. The van der Waals surface area contributed by atoms with Crippen LogP contribution in [0, 0.1) is 6.92 Å². The highest BCUT2D eigenvalue weighted by Crippen LogP contribution is 2.17. The van der Waals surface area contributed by atoms with Crippen LogP contribution in [0.15, 0.2) is 27.7 Å². The molecule has 1 unspecified atom stereocenters. The molecule has 6 nitrogen and oxygen atoms in total. The van der Waals surface area contributed by atoms with Gasteiger partial charge in [0.1, 0.15) is 6.10 Å². The molecule has 2 aliphatic rings. The average Bonchev–Trinajstić information content (AvgIpc) is 3.18. The lowest BCUT2D eigenvalue weighted by Crippen LogP contribution is -2.55. The van der Waals surface area contributed by atoms with Crippen molar-refractivity contribution in [2.75, 3.05) is 39.8 Å². The van der Waals surface area contributed by atoms with Crippen LogP contribution in [0.1, 0.15) is 24.0 Å². The lowest BCUT2D eigenvalue weighted by molar-refractivity contribution is -0.142. The molecular formula is C19H28BrIN4O2. The third kappa shape index (κ3) is 5.80. The largest absolute Gasteiger partial charge is 0.368 e. The molecule has 8 heteroatoms. The van der Waals surface area contributed by atoms with Crippen LogP contribution >= 0.6 is 39.9 Å². The first-order valence-electron chi connectivity index (χ1n) is 9.19. The van der Waals surface area contributed by atoms with Gasteiger partial charge in [-0.2, -0.15) is 0 Å². The number of hydrogen-bond acceptors (Lipinski definition) is 3. The highest BCUT2D eigenvalue weighted by molar-refractivity contribution is 14.0. The molecule has 0 radical (unpaired) electrons. The van der Waals surface area contributed by atoms with Crippen LogP contribution in [0.25, 0.3) is 0 Å². The van der Waals surface area contributed by atoms with Crippen molar-refractivity contribution in [3.8, 4) is 0 Å². The maximum atomic E-state index is 12.5. The van der Waals surface area contributed by atoms with E-state index in [0.29, 0.717) is 6.61 Å². The standard InChI is InChI=1S/C19H27BrN4O2.HI/c1-14-12-16(20)6-5-15(14)13-22-19(21-2)24-9-7-23(8-10-24)18(25)17-4-3-11-26-17;/h5-6,12,17H,3-4,7-11,13H2,1-2H3,(H,21,22);1H. The van der Waals surface area contributed by atoms with E-state index in [-0.39, 0.29) is 36.0 Å². The lowest BCUT2D eigenvalue weighted by atomic mass is 10.1. The molecule has 2 heterocycles. The van der Waals surface area contributed by atoms with Crippen molar-refractivity contribution < 1.29 is 9.53 Å². The number of piperazine rings is 1. The van der Waals surface area contributed by atoms with Gasteiger partial charge in [-0.05, 0) is 43.0 Å². The molecule has 1 aromatic rings. The minimum absolute atomic E-state index is 0. The van der Waals surface area contributed by atoms with Gasteiger partial charge in [-0.15, -0.1) is 24.0 Å². The van der Waals surface area contributed by atoms with Crippen LogP contribution in [0.2, 0.25) is 0 Å². The molecule has 2 saturated heterocycles. The number of nitrogens with zero attached hydrogens (tertiary/aromatic N) is 3. The molecule has 3 rings (SSSR count). The Kier molecular flexibility index (Phi) is 8.81. The van der Waals surface area contributed by atoms with E-state index in [2.05, 4.69) is 56.3 Å². The summed E-state index contributed by atoms with van der Waals surface area (Å²) >= 11 is 3.50. The number of benzene rings is 1. The quantitative estimate of drug-likeness (QED) is 0.357. The SMILES string of the molecule is CN=C(NCc1ccc(Br)cc1C)N1CCN(C(=O)C2CCCO2)CC1.I. The number of aliphatic imine (C=N–C) groups is 1. The number of carbonyl (C=O) groups excluding carboxylic acids is 1. The van der Waals surface area contributed by atoms with Crippen LogP contribution in [-0.4, -0.2) is 67.6 Å². The van der Waals surface area contributed by atoms with E-state index in [1.807, 2.05) is 4.90 Å². The van der Waals surface area contributed by atoms with Crippen LogP contribution in [0.5, 0.6) is 0 Å². The number of halogens is 2. The van der Waals surface area contributed by atoms with E-state index in [4.69, 9.17) is 4.74 Å². The number of guanidine groups is 1. The summed E-state index contributed by atoms with van der Waals surface area (Å²) in [7, 11) is 1.81. The van der Waals surface area contributed by atoms with E-state index < -0.39 is 0 Å². The van der Waals surface area contributed by atoms with Gasteiger partial charge >= 0.3 is 0 Å². The molecule has 2 fully saturated rings. The van der Waals surface area contributed by atoms with Crippen LogP contribution < -0.4 is 5.32 Å². The molecule has 0 spiro atoms. The summed E-state index contributed by atoms with van der Waals surface area (Å²) in [5.41, 5.74) is 2.50. The second-order valence-corrected chi connectivity index (χ2v) is 7.70. The van der Waals surface area contributed by atoms with Gasteiger partial charge in [-0.3, -0.25) is 9.79 Å². The van der Waals surface area contributed by atoms with Crippen molar-refractivity contribution in [1.29, 1.82) is 0 Å². The first kappa shape index (κ1) is 22.4. The zero-order valence-electron chi connectivity index (χ0n) is 15.9. The molecule has 0 bridgehead atoms. The van der Waals surface area contributed by atoms with Crippen molar-refractivity contribution >= 4 is 51.8 Å². The maximum absolute atomic E-state index is 12.5. The molecule has 0 aliphatic carbocycles. The molecular weight excluding hydrogens is 523 g/mol. The first-order chi connectivity index (χ1) is 12.6. The van der Waals surface area contributed by atoms with Gasteiger partial charge in [-0.1, -0.05) is 22.0 Å². The van der Waals surface area contributed by atoms with Crippen molar-refractivity contribution in [2.24, 2.45) is 4.99 Å². The van der Waals surface area contributed by atoms with Gasteiger partial charge in [0.15, 0.2) is 5.96 Å². The summed E-state index contributed by atoms with van der Waals surface area (Å²) < 4.78 is 6.62. The minimum Gasteiger partial charge on any atom is -0.368 e. The fourth-order valence-corrected chi connectivity index (χ4v) is 3.95. The Bertz CT molecular complexity index is 672. The Morgan fingerprint density at radius 3 is 2.59 bits per heavy atom. The fourth-order valence-electron chi connectivity index (χ4n) is 3.48. The molecule has 0 saturated carbocycles. The van der Waals surface area contributed by atoms with Gasteiger partial charge in [0.05, 0.1) is 0 Å². The second-order valence-electron chi connectivity index (χ2n) is 6.79. The summed E-state index contributed by atoms with van der Waals surface area (Å²) in [6.07, 6.45) is 1.62. The van der Waals surface area contributed by atoms with Crippen molar-refractivity contribution in [3.05, 3.63) is 33.8 Å². The fraction of sp³-hybridized carbons (Fsp3) is 0.579. The third-order valence-electron chi connectivity index (χ3n) is 5.05. The summed E-state index contributed by atoms with van der Waals surface area (Å²) in [5, 5.41) is 3.45. The summed E-state index contributed by atoms with van der Waals surface area (Å²) in [5.74, 6) is 1.03. The zero-order valence-corrected chi connectivity index (χ0v) is 19.8. The van der Waals surface area contributed by atoms with E-state index >= 15 is 0 Å². The maximum Gasteiger partial charge on any atom is 0.251 e. The summed E-state index contributed by atoms with van der Waals surface area (Å²) in [4.78, 5) is 21.0. The molecule has 2 aliphatic heterocycles. The topological polar surface area (TPSA) is 57.2 Å². The molecule has 1 aromatic carbocycles. The van der Waals surface area contributed by atoms with Crippen molar-refractivity contribution in [1.82, 2.24) is 15.1 Å².